The molecule has 1 aromatic rings. The van der Waals surface area contributed by atoms with Crippen LogP contribution in [0.1, 0.15) is 13.3 Å². The molecule has 5 heteroatoms. The van der Waals surface area contributed by atoms with Crippen LogP contribution in [0.15, 0.2) is 42.5 Å². The fourth-order valence-electron chi connectivity index (χ4n) is 2.63. The quantitative estimate of drug-likeness (QED) is 0.603. The lowest BCUT2D eigenvalue weighted by molar-refractivity contribution is -0.150. The van der Waals surface area contributed by atoms with Crippen LogP contribution >= 0.6 is 0 Å². The number of anilines is 1. The van der Waals surface area contributed by atoms with Gasteiger partial charge in [-0.1, -0.05) is 18.2 Å². The van der Waals surface area contributed by atoms with Gasteiger partial charge in [-0.15, -0.1) is 0 Å². The van der Waals surface area contributed by atoms with E-state index in [1.807, 2.05) is 6.07 Å². The maximum atomic E-state index is 12.5. The average Bonchev–Trinajstić information content (AvgIpc) is 2.92. The van der Waals surface area contributed by atoms with Gasteiger partial charge in [-0.25, -0.2) is 4.79 Å². The number of esters is 1. The highest BCUT2D eigenvalue weighted by Crippen LogP contribution is 2.37. The first-order valence-corrected chi connectivity index (χ1v) is 6.35. The van der Waals surface area contributed by atoms with Gasteiger partial charge >= 0.3 is 5.97 Å². The highest BCUT2D eigenvalue weighted by molar-refractivity contribution is 6.21. The van der Waals surface area contributed by atoms with E-state index in [1.54, 1.807) is 37.3 Å². The summed E-state index contributed by atoms with van der Waals surface area (Å²) in [6.45, 7) is 1.65. The number of hydrogen-bond donors (Lipinski definition) is 0. The molecule has 102 valence electrons. The maximum Gasteiger partial charge on any atom is 0.331 e. The van der Waals surface area contributed by atoms with Gasteiger partial charge in [-0.3, -0.25) is 14.5 Å². The molecule has 0 saturated carbocycles. The largest absolute Gasteiger partial charge is 0.451 e. The molecular formula is C15H13NO4. The van der Waals surface area contributed by atoms with Crippen molar-refractivity contribution in [2.24, 2.45) is 5.92 Å². The molecule has 20 heavy (non-hydrogen) atoms. The van der Waals surface area contributed by atoms with Crippen LogP contribution in [-0.2, 0) is 19.1 Å². The minimum Gasteiger partial charge on any atom is -0.451 e. The lowest BCUT2D eigenvalue weighted by Gasteiger charge is -2.26. The molecule has 0 radical (unpaired) electrons. The zero-order valence-electron chi connectivity index (χ0n) is 10.9. The summed E-state index contributed by atoms with van der Waals surface area (Å²) in [6, 6.07) is 8.75. The van der Waals surface area contributed by atoms with E-state index in [0.717, 1.165) is 4.90 Å². The summed E-state index contributed by atoms with van der Waals surface area (Å²) in [5, 5.41) is 0. The molecule has 0 aromatic heterocycles. The van der Waals surface area contributed by atoms with E-state index in [0.29, 0.717) is 5.69 Å². The van der Waals surface area contributed by atoms with Crippen molar-refractivity contribution in [3.05, 3.63) is 42.5 Å². The van der Waals surface area contributed by atoms with Crippen molar-refractivity contribution in [3.63, 3.8) is 0 Å². The Morgan fingerprint density at radius 1 is 1.20 bits per heavy atom. The number of rotatable bonds is 2. The molecule has 2 atom stereocenters. The Kier molecular flexibility index (Phi) is 2.71. The smallest absolute Gasteiger partial charge is 0.331 e. The third-order valence-electron chi connectivity index (χ3n) is 3.72. The molecule has 5 nitrogen and oxygen atoms in total. The Balaban J connectivity index is 1.92. The van der Waals surface area contributed by atoms with Gasteiger partial charge in [0.05, 0.1) is 11.6 Å². The average molecular weight is 271 g/mol. The molecule has 0 bridgehead atoms. The first-order chi connectivity index (χ1) is 9.51. The molecule has 0 unspecified atom stereocenters. The Hall–Kier alpha value is -2.43. The van der Waals surface area contributed by atoms with Crippen molar-refractivity contribution in [2.45, 2.75) is 18.9 Å². The van der Waals surface area contributed by atoms with Gasteiger partial charge in [0.1, 0.15) is 5.60 Å². The number of benzene rings is 1. The summed E-state index contributed by atoms with van der Waals surface area (Å²) in [5.41, 5.74) is -0.491. The first-order valence-electron chi connectivity index (χ1n) is 6.35. The number of cyclic esters (lactones) is 1. The highest BCUT2D eigenvalue weighted by Gasteiger charge is 2.51. The predicted molar refractivity (Wildman–Crippen MR) is 70.7 cm³/mol. The molecule has 0 N–H and O–H groups in total. The standard InChI is InChI=1S/C15H13NO4/c1-15(8-7-13(18)20-15)11-9-12(17)16(14(11)19)10-5-3-2-4-6-10/h2-8,11H,9H2,1H3/t11-,15-/m0/s1. The second-order valence-electron chi connectivity index (χ2n) is 5.10. The van der Waals surface area contributed by atoms with Gasteiger partial charge in [-0.2, -0.15) is 0 Å². The molecule has 1 fully saturated rings. The molecule has 0 spiro atoms. The predicted octanol–water partition coefficient (Wildman–Crippen LogP) is 1.44. The fourth-order valence-corrected chi connectivity index (χ4v) is 2.63. The number of carbonyl (C=O) groups excluding carboxylic acids is 3. The normalized spacial score (nSPS) is 29.1. The van der Waals surface area contributed by atoms with E-state index in [2.05, 4.69) is 0 Å². The molecule has 2 heterocycles. The van der Waals surface area contributed by atoms with E-state index in [4.69, 9.17) is 4.74 Å². The summed E-state index contributed by atoms with van der Waals surface area (Å²) in [5.74, 6) is -1.75. The molecule has 1 saturated heterocycles. The fraction of sp³-hybridized carbons (Fsp3) is 0.267. The SMILES string of the molecule is C[C@@]1([C@H]2CC(=O)N(c3ccccc3)C2=O)C=CC(=O)O1. The number of para-hydroxylation sites is 1. The van der Waals surface area contributed by atoms with Crippen molar-refractivity contribution in [3.8, 4) is 0 Å². The second-order valence-corrected chi connectivity index (χ2v) is 5.10. The summed E-state index contributed by atoms with van der Waals surface area (Å²) in [4.78, 5) is 37.0. The minimum absolute atomic E-state index is 0.0435. The number of nitrogens with zero attached hydrogens (tertiary/aromatic N) is 1. The van der Waals surface area contributed by atoms with E-state index < -0.39 is 17.5 Å². The Labute approximate surface area is 115 Å². The van der Waals surface area contributed by atoms with Crippen molar-refractivity contribution in [1.29, 1.82) is 0 Å². The molecule has 3 rings (SSSR count). The third-order valence-corrected chi connectivity index (χ3v) is 3.72. The first kappa shape index (κ1) is 12.6. The van der Waals surface area contributed by atoms with E-state index in [-0.39, 0.29) is 18.2 Å². The van der Waals surface area contributed by atoms with Crippen LogP contribution in [0.5, 0.6) is 0 Å². The maximum absolute atomic E-state index is 12.5. The summed E-state index contributed by atoms with van der Waals surface area (Å²) >= 11 is 0. The van der Waals surface area contributed by atoms with Gasteiger partial charge in [0.15, 0.2) is 0 Å². The van der Waals surface area contributed by atoms with Crippen molar-refractivity contribution in [1.82, 2.24) is 0 Å². The van der Waals surface area contributed by atoms with Crippen molar-refractivity contribution in [2.75, 3.05) is 4.90 Å². The molecule has 1 aromatic carbocycles. The van der Waals surface area contributed by atoms with Gasteiger partial charge < -0.3 is 4.74 Å². The van der Waals surface area contributed by atoms with Crippen LogP contribution < -0.4 is 4.90 Å². The van der Waals surface area contributed by atoms with Crippen LogP contribution in [0.25, 0.3) is 0 Å². The zero-order valence-corrected chi connectivity index (χ0v) is 10.9. The summed E-state index contributed by atoms with van der Waals surface area (Å²) in [7, 11) is 0. The zero-order chi connectivity index (χ0) is 14.3. The molecular weight excluding hydrogens is 258 g/mol. The lowest BCUT2D eigenvalue weighted by Crippen LogP contribution is -2.40. The van der Waals surface area contributed by atoms with Crippen molar-refractivity contribution >= 4 is 23.5 Å². The van der Waals surface area contributed by atoms with Gasteiger partial charge in [-0.05, 0) is 25.1 Å². The molecule has 2 aliphatic rings. The Morgan fingerprint density at radius 3 is 2.50 bits per heavy atom. The Bertz CT molecular complexity index is 622. The van der Waals surface area contributed by atoms with Gasteiger partial charge in [0.25, 0.3) is 0 Å². The highest BCUT2D eigenvalue weighted by atomic mass is 16.6. The summed E-state index contributed by atoms with van der Waals surface area (Å²) < 4.78 is 5.19. The van der Waals surface area contributed by atoms with E-state index in [9.17, 15) is 14.4 Å². The van der Waals surface area contributed by atoms with Gasteiger partial charge in [0.2, 0.25) is 11.8 Å². The molecule has 2 amide bonds. The molecule has 0 aliphatic carbocycles. The topological polar surface area (TPSA) is 63.7 Å². The second kappa shape index (κ2) is 4.30. The van der Waals surface area contributed by atoms with E-state index >= 15 is 0 Å². The lowest BCUT2D eigenvalue weighted by atomic mass is 9.88. The van der Waals surface area contributed by atoms with Crippen LogP contribution in [0.2, 0.25) is 0 Å². The number of imide groups is 1. The summed E-state index contributed by atoms with van der Waals surface area (Å²) in [6.07, 6.45) is 2.89. The number of carbonyl (C=O) groups is 3. The van der Waals surface area contributed by atoms with Crippen LogP contribution in [0.4, 0.5) is 5.69 Å². The van der Waals surface area contributed by atoms with Crippen LogP contribution in [0.3, 0.4) is 0 Å². The van der Waals surface area contributed by atoms with E-state index in [1.165, 1.54) is 6.08 Å². The number of amides is 2. The van der Waals surface area contributed by atoms with Crippen LogP contribution in [-0.4, -0.2) is 23.4 Å². The third kappa shape index (κ3) is 1.82. The minimum atomic E-state index is -1.03. The Morgan fingerprint density at radius 2 is 1.90 bits per heavy atom. The molecule has 2 aliphatic heterocycles. The number of ether oxygens (including phenoxy) is 1. The number of hydrogen-bond acceptors (Lipinski definition) is 4. The van der Waals surface area contributed by atoms with Crippen molar-refractivity contribution < 1.29 is 19.1 Å². The van der Waals surface area contributed by atoms with Gasteiger partial charge in [0, 0.05) is 12.5 Å². The van der Waals surface area contributed by atoms with Crippen LogP contribution in [0, 0.1) is 5.92 Å². The monoisotopic (exact) mass is 271 g/mol.